The molecule has 0 aliphatic carbocycles. The first-order valence-corrected chi connectivity index (χ1v) is 6.16. The number of nitrogens with one attached hydrogen (secondary N) is 1. The highest BCUT2D eigenvalue weighted by molar-refractivity contribution is 5.93. The van der Waals surface area contributed by atoms with Crippen LogP contribution in [0.4, 0.5) is 11.4 Å². The molecule has 6 heteroatoms. The van der Waals surface area contributed by atoms with Gasteiger partial charge in [-0.3, -0.25) is 14.5 Å². The molecule has 2 rings (SSSR count). The quantitative estimate of drug-likeness (QED) is 0.750. The van der Waals surface area contributed by atoms with Crippen LogP contribution in [0.2, 0.25) is 0 Å². The first-order chi connectivity index (χ1) is 9.04. The van der Waals surface area contributed by atoms with E-state index < -0.39 is 0 Å². The average molecular weight is 262 g/mol. The SMILES string of the molecule is CN1CCN(CC(=O)Nc2cccc(N)c2)CC1=O. The zero-order chi connectivity index (χ0) is 13.8. The number of nitrogens with two attached hydrogens (primary N) is 1. The van der Waals surface area contributed by atoms with Crippen molar-refractivity contribution in [2.24, 2.45) is 0 Å². The van der Waals surface area contributed by atoms with Crippen LogP contribution >= 0.6 is 0 Å². The molecule has 0 saturated carbocycles. The van der Waals surface area contributed by atoms with Gasteiger partial charge in [-0.25, -0.2) is 0 Å². The molecule has 1 aromatic rings. The number of likely N-dealkylation sites (N-methyl/N-ethyl adjacent to an activating group) is 1. The van der Waals surface area contributed by atoms with E-state index in [4.69, 9.17) is 5.73 Å². The highest BCUT2D eigenvalue weighted by Crippen LogP contribution is 2.11. The molecule has 19 heavy (non-hydrogen) atoms. The molecule has 1 fully saturated rings. The molecule has 1 saturated heterocycles. The highest BCUT2D eigenvalue weighted by Gasteiger charge is 2.22. The molecule has 102 valence electrons. The molecule has 3 N–H and O–H groups in total. The van der Waals surface area contributed by atoms with Crippen LogP contribution in [0, 0.1) is 0 Å². The third kappa shape index (κ3) is 3.69. The molecule has 1 aliphatic rings. The third-order valence-electron chi connectivity index (χ3n) is 3.07. The summed E-state index contributed by atoms with van der Waals surface area (Å²) in [5.41, 5.74) is 6.92. The van der Waals surface area contributed by atoms with Gasteiger partial charge in [0.05, 0.1) is 13.1 Å². The van der Waals surface area contributed by atoms with E-state index in [1.54, 1.807) is 36.2 Å². The van der Waals surface area contributed by atoms with Crippen molar-refractivity contribution in [1.29, 1.82) is 0 Å². The minimum atomic E-state index is -0.136. The van der Waals surface area contributed by atoms with Crippen molar-refractivity contribution in [2.45, 2.75) is 0 Å². The van der Waals surface area contributed by atoms with E-state index in [1.807, 2.05) is 4.90 Å². The summed E-state index contributed by atoms with van der Waals surface area (Å²) in [6.07, 6.45) is 0. The Morgan fingerprint density at radius 3 is 2.89 bits per heavy atom. The van der Waals surface area contributed by atoms with Gasteiger partial charge in [0.2, 0.25) is 11.8 Å². The van der Waals surface area contributed by atoms with Crippen LogP contribution in [0.15, 0.2) is 24.3 Å². The fourth-order valence-electron chi connectivity index (χ4n) is 1.96. The first kappa shape index (κ1) is 13.4. The number of carbonyl (C=O) groups excluding carboxylic acids is 2. The van der Waals surface area contributed by atoms with E-state index >= 15 is 0 Å². The topological polar surface area (TPSA) is 78.7 Å². The second-order valence-electron chi connectivity index (χ2n) is 4.70. The molecule has 2 amide bonds. The number of piperazine rings is 1. The number of hydrogen-bond acceptors (Lipinski definition) is 4. The zero-order valence-electron chi connectivity index (χ0n) is 10.9. The molecular formula is C13H18N4O2. The summed E-state index contributed by atoms with van der Waals surface area (Å²) in [6, 6.07) is 7.02. The smallest absolute Gasteiger partial charge is 0.238 e. The Balaban J connectivity index is 1.86. The zero-order valence-corrected chi connectivity index (χ0v) is 10.9. The standard InChI is InChI=1S/C13H18N4O2/c1-16-5-6-17(9-13(16)19)8-12(18)15-11-4-2-3-10(14)7-11/h2-4,7H,5-6,8-9,14H2,1H3,(H,15,18). The fourth-order valence-corrected chi connectivity index (χ4v) is 1.96. The summed E-state index contributed by atoms with van der Waals surface area (Å²) in [6.45, 7) is 1.88. The molecule has 6 nitrogen and oxygen atoms in total. The normalized spacial score (nSPS) is 16.5. The molecule has 0 unspecified atom stereocenters. The number of nitrogen functional groups attached to an aromatic ring is 1. The van der Waals surface area contributed by atoms with E-state index in [0.717, 1.165) is 0 Å². The second kappa shape index (κ2) is 5.71. The fraction of sp³-hybridized carbons (Fsp3) is 0.385. The lowest BCUT2D eigenvalue weighted by molar-refractivity contribution is -0.135. The van der Waals surface area contributed by atoms with Crippen LogP contribution in [0.3, 0.4) is 0 Å². The lowest BCUT2D eigenvalue weighted by Gasteiger charge is -2.31. The Morgan fingerprint density at radius 2 is 2.21 bits per heavy atom. The number of hydrogen-bond donors (Lipinski definition) is 2. The largest absolute Gasteiger partial charge is 0.399 e. The molecular weight excluding hydrogens is 244 g/mol. The summed E-state index contributed by atoms with van der Waals surface area (Å²) in [5.74, 6) is -0.0917. The lowest BCUT2D eigenvalue weighted by Crippen LogP contribution is -2.50. The predicted molar refractivity (Wildman–Crippen MR) is 73.6 cm³/mol. The van der Waals surface area contributed by atoms with Crippen LogP contribution in [-0.4, -0.2) is 54.8 Å². The summed E-state index contributed by atoms with van der Waals surface area (Å²) < 4.78 is 0. The summed E-state index contributed by atoms with van der Waals surface area (Å²) >= 11 is 0. The number of benzene rings is 1. The van der Waals surface area contributed by atoms with Crippen molar-refractivity contribution in [1.82, 2.24) is 9.80 Å². The molecule has 1 heterocycles. The second-order valence-corrected chi connectivity index (χ2v) is 4.70. The van der Waals surface area contributed by atoms with Crippen LogP contribution in [0.25, 0.3) is 0 Å². The van der Waals surface area contributed by atoms with E-state index in [1.165, 1.54) is 0 Å². The summed E-state index contributed by atoms with van der Waals surface area (Å²) in [5, 5.41) is 2.77. The Bertz CT molecular complexity index is 489. The van der Waals surface area contributed by atoms with Gasteiger partial charge in [-0.15, -0.1) is 0 Å². The monoisotopic (exact) mass is 262 g/mol. The number of amides is 2. The highest BCUT2D eigenvalue weighted by atomic mass is 16.2. The number of rotatable bonds is 3. The van der Waals surface area contributed by atoms with Gasteiger partial charge in [-0.2, -0.15) is 0 Å². The van der Waals surface area contributed by atoms with Gasteiger partial charge >= 0.3 is 0 Å². The van der Waals surface area contributed by atoms with E-state index in [9.17, 15) is 9.59 Å². The molecule has 0 atom stereocenters. The molecule has 1 aliphatic heterocycles. The maximum atomic E-state index is 11.9. The molecule has 0 radical (unpaired) electrons. The van der Waals surface area contributed by atoms with Crippen molar-refractivity contribution < 1.29 is 9.59 Å². The average Bonchev–Trinajstić information content (AvgIpc) is 2.34. The molecule has 1 aromatic carbocycles. The van der Waals surface area contributed by atoms with Gasteiger partial charge in [0.15, 0.2) is 0 Å². The Morgan fingerprint density at radius 1 is 1.42 bits per heavy atom. The van der Waals surface area contributed by atoms with Gasteiger partial charge < -0.3 is 16.0 Å². The van der Waals surface area contributed by atoms with Crippen LogP contribution in [0.1, 0.15) is 0 Å². The van der Waals surface area contributed by atoms with Gasteiger partial charge in [0.25, 0.3) is 0 Å². The van der Waals surface area contributed by atoms with Crippen molar-refractivity contribution >= 4 is 23.2 Å². The first-order valence-electron chi connectivity index (χ1n) is 6.16. The molecule has 0 aromatic heterocycles. The van der Waals surface area contributed by atoms with Crippen LogP contribution < -0.4 is 11.1 Å². The predicted octanol–water partition coefficient (Wildman–Crippen LogP) is -0.0187. The van der Waals surface area contributed by atoms with Crippen molar-refractivity contribution in [3.63, 3.8) is 0 Å². The lowest BCUT2D eigenvalue weighted by atomic mass is 10.2. The van der Waals surface area contributed by atoms with E-state index in [2.05, 4.69) is 5.32 Å². The van der Waals surface area contributed by atoms with E-state index in [0.29, 0.717) is 31.0 Å². The van der Waals surface area contributed by atoms with Gasteiger partial charge in [0, 0.05) is 31.5 Å². The maximum Gasteiger partial charge on any atom is 0.238 e. The number of carbonyl (C=O) groups is 2. The minimum absolute atomic E-state index is 0.0444. The van der Waals surface area contributed by atoms with Crippen molar-refractivity contribution in [3.05, 3.63) is 24.3 Å². The Hall–Kier alpha value is -2.08. The minimum Gasteiger partial charge on any atom is -0.399 e. The molecule has 0 spiro atoms. The number of nitrogens with zero attached hydrogens (tertiary/aromatic N) is 2. The molecule has 0 bridgehead atoms. The van der Waals surface area contributed by atoms with Gasteiger partial charge in [-0.1, -0.05) is 6.07 Å². The van der Waals surface area contributed by atoms with Gasteiger partial charge in [0.1, 0.15) is 0 Å². The van der Waals surface area contributed by atoms with Gasteiger partial charge in [-0.05, 0) is 18.2 Å². The van der Waals surface area contributed by atoms with Crippen molar-refractivity contribution in [2.75, 3.05) is 44.3 Å². The summed E-state index contributed by atoms with van der Waals surface area (Å²) in [7, 11) is 1.77. The van der Waals surface area contributed by atoms with Crippen LogP contribution in [0.5, 0.6) is 0 Å². The Kier molecular flexibility index (Phi) is 4.01. The van der Waals surface area contributed by atoms with Crippen molar-refractivity contribution in [3.8, 4) is 0 Å². The number of anilines is 2. The van der Waals surface area contributed by atoms with E-state index in [-0.39, 0.29) is 18.4 Å². The van der Waals surface area contributed by atoms with Crippen LogP contribution in [-0.2, 0) is 9.59 Å². The maximum absolute atomic E-state index is 11.9. The third-order valence-corrected chi connectivity index (χ3v) is 3.07. The Labute approximate surface area is 112 Å². The summed E-state index contributed by atoms with van der Waals surface area (Å²) in [4.78, 5) is 26.9.